The minimum Gasteiger partial charge on any atom is -0.496 e. The first-order chi connectivity index (χ1) is 16.8. The summed E-state index contributed by atoms with van der Waals surface area (Å²) in [4.78, 5) is 0. The standard InChI is InChI=1S/C31H35F3O/c1-3-6-25(26-9-5-10-27(17-26)31(32,33)34)8-4-7-21-11-12-29(35-2)28(16-21)30-18-22-13-23(19-30)15-24(14-22)20-30/h3,5-6,8-12,16-17,22-24H,4,7,13-15,18-20H2,1-2H3/b6-3?,25-8-. The summed E-state index contributed by atoms with van der Waals surface area (Å²) in [6, 6.07) is 12.3. The highest BCUT2D eigenvalue weighted by molar-refractivity contribution is 5.74. The summed E-state index contributed by atoms with van der Waals surface area (Å²) in [5.74, 6) is 3.63. The number of ether oxygens (including phenoxy) is 1. The molecule has 2 aromatic carbocycles. The van der Waals surface area contributed by atoms with Crippen LogP contribution in [0.4, 0.5) is 13.2 Å². The lowest BCUT2D eigenvalue weighted by molar-refractivity contribution is -0.137. The van der Waals surface area contributed by atoms with Crippen LogP contribution in [0.3, 0.4) is 0 Å². The Hall–Kier alpha value is -2.49. The summed E-state index contributed by atoms with van der Waals surface area (Å²) in [5, 5.41) is 0. The first kappa shape index (κ1) is 24.2. The van der Waals surface area contributed by atoms with E-state index in [0.717, 1.165) is 48.0 Å². The second-order valence-corrected chi connectivity index (χ2v) is 11.0. The summed E-state index contributed by atoms with van der Waals surface area (Å²) in [5.41, 5.74) is 3.75. The molecule has 0 unspecified atom stereocenters. The van der Waals surface area contributed by atoms with Gasteiger partial charge in [0.1, 0.15) is 5.75 Å². The van der Waals surface area contributed by atoms with Gasteiger partial charge in [-0.2, -0.15) is 13.2 Å². The highest BCUT2D eigenvalue weighted by Gasteiger charge is 2.52. The van der Waals surface area contributed by atoms with Gasteiger partial charge in [-0.05, 0) is 116 Å². The van der Waals surface area contributed by atoms with Crippen molar-refractivity contribution in [2.45, 2.75) is 69.9 Å². The Balaban J connectivity index is 1.37. The Bertz CT molecular complexity index is 1090. The lowest BCUT2D eigenvalue weighted by atomic mass is 9.48. The zero-order valence-electron chi connectivity index (χ0n) is 20.7. The molecular weight excluding hydrogens is 445 g/mol. The van der Waals surface area contributed by atoms with E-state index in [1.807, 2.05) is 19.1 Å². The van der Waals surface area contributed by atoms with Crippen LogP contribution in [0.5, 0.6) is 5.75 Å². The molecule has 1 nitrogen and oxygen atoms in total. The summed E-state index contributed by atoms with van der Waals surface area (Å²) in [6.45, 7) is 1.89. The topological polar surface area (TPSA) is 9.23 Å². The van der Waals surface area contributed by atoms with Gasteiger partial charge in [0.15, 0.2) is 0 Å². The molecule has 4 heteroatoms. The predicted molar refractivity (Wildman–Crippen MR) is 135 cm³/mol. The van der Waals surface area contributed by atoms with Gasteiger partial charge in [-0.25, -0.2) is 0 Å². The number of hydrogen-bond acceptors (Lipinski definition) is 1. The molecule has 4 bridgehead atoms. The third-order valence-electron chi connectivity index (χ3n) is 8.54. The Labute approximate surface area is 207 Å². The molecule has 0 N–H and O–H groups in total. The van der Waals surface area contributed by atoms with Crippen molar-refractivity contribution < 1.29 is 17.9 Å². The normalized spacial score (nSPS) is 28.1. The van der Waals surface area contributed by atoms with Gasteiger partial charge in [0.05, 0.1) is 12.7 Å². The molecule has 0 saturated heterocycles. The monoisotopic (exact) mass is 480 g/mol. The van der Waals surface area contributed by atoms with Gasteiger partial charge >= 0.3 is 6.18 Å². The van der Waals surface area contributed by atoms with Crippen molar-refractivity contribution in [3.05, 3.63) is 82.9 Å². The van der Waals surface area contributed by atoms with E-state index in [9.17, 15) is 13.2 Å². The average molecular weight is 481 g/mol. The minimum atomic E-state index is -4.34. The van der Waals surface area contributed by atoms with E-state index in [1.54, 1.807) is 13.2 Å². The third-order valence-corrected chi connectivity index (χ3v) is 8.54. The average Bonchev–Trinajstić information content (AvgIpc) is 2.82. The Kier molecular flexibility index (Phi) is 6.59. The molecule has 0 spiro atoms. The van der Waals surface area contributed by atoms with Crippen molar-refractivity contribution in [1.82, 2.24) is 0 Å². The summed E-state index contributed by atoms with van der Waals surface area (Å²) in [6.07, 6.45) is 11.2. The van der Waals surface area contributed by atoms with Gasteiger partial charge in [-0.1, -0.05) is 42.5 Å². The quantitative estimate of drug-likeness (QED) is 0.360. The molecule has 0 radical (unpaired) electrons. The van der Waals surface area contributed by atoms with Gasteiger partial charge in [0, 0.05) is 5.56 Å². The molecule has 4 saturated carbocycles. The fourth-order valence-corrected chi connectivity index (χ4v) is 7.50. The van der Waals surface area contributed by atoms with Crippen LogP contribution in [0.25, 0.3) is 5.57 Å². The molecule has 0 heterocycles. The molecule has 35 heavy (non-hydrogen) atoms. The van der Waals surface area contributed by atoms with E-state index in [1.165, 1.54) is 61.8 Å². The van der Waals surface area contributed by atoms with E-state index in [0.29, 0.717) is 5.56 Å². The molecule has 0 amide bonds. The molecule has 4 aliphatic carbocycles. The van der Waals surface area contributed by atoms with Crippen molar-refractivity contribution in [1.29, 1.82) is 0 Å². The highest BCUT2D eigenvalue weighted by atomic mass is 19.4. The second kappa shape index (κ2) is 9.52. The molecule has 186 valence electrons. The first-order valence-electron chi connectivity index (χ1n) is 13.0. The second-order valence-electron chi connectivity index (χ2n) is 11.0. The number of alkyl halides is 3. The number of allylic oxidation sites excluding steroid dienone is 4. The lowest BCUT2D eigenvalue weighted by Crippen LogP contribution is -2.48. The van der Waals surface area contributed by atoms with Crippen molar-refractivity contribution in [2.75, 3.05) is 7.11 Å². The van der Waals surface area contributed by atoms with E-state index >= 15 is 0 Å². The van der Waals surface area contributed by atoms with Crippen LogP contribution in [0, 0.1) is 17.8 Å². The van der Waals surface area contributed by atoms with Crippen LogP contribution < -0.4 is 4.74 Å². The lowest BCUT2D eigenvalue weighted by Gasteiger charge is -2.57. The molecular formula is C31H35F3O. The Morgan fingerprint density at radius 1 is 1.00 bits per heavy atom. The largest absolute Gasteiger partial charge is 0.496 e. The van der Waals surface area contributed by atoms with Crippen LogP contribution >= 0.6 is 0 Å². The van der Waals surface area contributed by atoms with Crippen LogP contribution in [0.1, 0.15) is 74.1 Å². The van der Waals surface area contributed by atoms with E-state index in [2.05, 4.69) is 24.3 Å². The van der Waals surface area contributed by atoms with Crippen molar-refractivity contribution >= 4 is 5.57 Å². The van der Waals surface area contributed by atoms with Gasteiger partial charge in [0.25, 0.3) is 0 Å². The summed E-state index contributed by atoms with van der Waals surface area (Å²) < 4.78 is 45.5. The smallest absolute Gasteiger partial charge is 0.416 e. The summed E-state index contributed by atoms with van der Waals surface area (Å²) >= 11 is 0. The number of aryl methyl sites for hydroxylation is 1. The molecule has 6 rings (SSSR count). The molecule has 0 aliphatic heterocycles. The van der Waals surface area contributed by atoms with Crippen LogP contribution in [-0.2, 0) is 18.0 Å². The van der Waals surface area contributed by atoms with E-state index in [-0.39, 0.29) is 5.41 Å². The molecule has 4 fully saturated rings. The van der Waals surface area contributed by atoms with Gasteiger partial charge < -0.3 is 4.74 Å². The van der Waals surface area contributed by atoms with E-state index in [4.69, 9.17) is 4.74 Å². The fraction of sp³-hybridized carbons (Fsp3) is 0.484. The van der Waals surface area contributed by atoms with Gasteiger partial charge in [0.2, 0.25) is 0 Å². The maximum atomic E-state index is 13.2. The first-order valence-corrected chi connectivity index (χ1v) is 13.0. The number of halogens is 3. The van der Waals surface area contributed by atoms with Gasteiger partial charge in [-0.15, -0.1) is 0 Å². The van der Waals surface area contributed by atoms with Crippen molar-refractivity contribution in [3.8, 4) is 5.75 Å². The molecule has 2 aromatic rings. The molecule has 0 aromatic heterocycles. The fourth-order valence-electron chi connectivity index (χ4n) is 7.50. The van der Waals surface area contributed by atoms with Crippen molar-refractivity contribution in [2.24, 2.45) is 17.8 Å². The Morgan fingerprint density at radius 2 is 1.69 bits per heavy atom. The number of rotatable bonds is 7. The molecule has 4 aliphatic rings. The minimum absolute atomic E-state index is 0.264. The maximum Gasteiger partial charge on any atom is 0.416 e. The van der Waals surface area contributed by atoms with Crippen LogP contribution in [-0.4, -0.2) is 7.11 Å². The SMILES string of the molecule is CC=C/C(=C/CCc1ccc(OC)c(C23CC4CC(CC(C4)C2)C3)c1)c1cccc(C(F)(F)F)c1. The van der Waals surface area contributed by atoms with E-state index < -0.39 is 11.7 Å². The number of benzene rings is 2. The maximum absolute atomic E-state index is 13.2. The third kappa shape index (κ3) is 4.94. The zero-order valence-corrected chi connectivity index (χ0v) is 20.7. The summed E-state index contributed by atoms with van der Waals surface area (Å²) in [7, 11) is 1.78. The zero-order chi connectivity index (χ0) is 24.6. The molecule has 0 atom stereocenters. The van der Waals surface area contributed by atoms with Crippen LogP contribution in [0.2, 0.25) is 0 Å². The predicted octanol–water partition coefficient (Wildman–Crippen LogP) is 8.77. The number of hydrogen-bond donors (Lipinski definition) is 0. The highest BCUT2D eigenvalue weighted by Crippen LogP contribution is 2.62. The Morgan fingerprint density at radius 3 is 2.29 bits per heavy atom. The van der Waals surface area contributed by atoms with Gasteiger partial charge in [-0.3, -0.25) is 0 Å². The van der Waals surface area contributed by atoms with Crippen LogP contribution in [0.15, 0.2) is 60.7 Å². The number of methoxy groups -OCH3 is 1. The van der Waals surface area contributed by atoms with Crippen molar-refractivity contribution in [3.63, 3.8) is 0 Å².